The Kier molecular flexibility index (Phi) is 5.62. The first kappa shape index (κ1) is 15.1. The van der Waals surface area contributed by atoms with Gasteiger partial charge >= 0.3 is 0 Å². The summed E-state index contributed by atoms with van der Waals surface area (Å²) in [4.78, 5) is 7.16. The van der Waals surface area contributed by atoms with Crippen LogP contribution in [0.15, 0.2) is 30.3 Å². The fourth-order valence-corrected chi connectivity index (χ4v) is 2.51. The van der Waals surface area contributed by atoms with Gasteiger partial charge in [-0.1, -0.05) is 31.2 Å². The molecule has 1 aliphatic rings. The molecule has 1 aromatic carbocycles. The highest BCUT2D eigenvalue weighted by Gasteiger charge is 2.13. The summed E-state index contributed by atoms with van der Waals surface area (Å²) in [5, 5.41) is 0. The summed E-state index contributed by atoms with van der Waals surface area (Å²) in [5.74, 6) is 0. The number of anilines is 1. The van der Waals surface area contributed by atoms with Crippen molar-refractivity contribution in [3.05, 3.63) is 35.9 Å². The number of benzene rings is 1. The van der Waals surface area contributed by atoms with Crippen LogP contribution in [0.2, 0.25) is 0 Å². The summed E-state index contributed by atoms with van der Waals surface area (Å²) >= 11 is 0. The lowest BCUT2D eigenvalue weighted by atomic mass is 10.2. The van der Waals surface area contributed by atoms with E-state index in [1.165, 1.54) is 44.0 Å². The SMILES string of the molecule is CCN1CCN(C/C=C/c2ccc(N(C)C)cc2)CC1. The van der Waals surface area contributed by atoms with Crippen LogP contribution in [0.5, 0.6) is 0 Å². The maximum atomic E-state index is 2.52. The van der Waals surface area contributed by atoms with E-state index in [2.05, 4.69) is 72.1 Å². The van der Waals surface area contributed by atoms with Crippen LogP contribution < -0.4 is 4.90 Å². The lowest BCUT2D eigenvalue weighted by Crippen LogP contribution is -2.45. The molecule has 1 heterocycles. The third-order valence-electron chi connectivity index (χ3n) is 4.00. The molecule has 0 aliphatic carbocycles. The molecule has 0 atom stereocenters. The second-order valence-electron chi connectivity index (χ2n) is 5.62. The van der Waals surface area contributed by atoms with E-state index in [4.69, 9.17) is 0 Å². The first-order valence-corrected chi connectivity index (χ1v) is 7.57. The zero-order valence-electron chi connectivity index (χ0n) is 13.0. The lowest BCUT2D eigenvalue weighted by molar-refractivity contribution is 0.148. The van der Waals surface area contributed by atoms with Gasteiger partial charge in [0, 0.05) is 52.5 Å². The summed E-state index contributed by atoms with van der Waals surface area (Å²) in [5.41, 5.74) is 2.53. The van der Waals surface area contributed by atoms with E-state index in [0.717, 1.165) is 6.54 Å². The number of rotatable bonds is 5. The molecule has 3 nitrogen and oxygen atoms in total. The van der Waals surface area contributed by atoms with E-state index < -0.39 is 0 Å². The van der Waals surface area contributed by atoms with Crippen molar-refractivity contribution in [2.45, 2.75) is 6.92 Å². The van der Waals surface area contributed by atoms with Crippen molar-refractivity contribution in [3.8, 4) is 0 Å². The van der Waals surface area contributed by atoms with Gasteiger partial charge in [0.25, 0.3) is 0 Å². The minimum absolute atomic E-state index is 1.06. The molecule has 0 N–H and O–H groups in total. The van der Waals surface area contributed by atoms with Crippen LogP contribution in [-0.4, -0.2) is 63.2 Å². The van der Waals surface area contributed by atoms with Crippen LogP contribution in [0.25, 0.3) is 6.08 Å². The Balaban J connectivity index is 1.79. The Labute approximate surface area is 123 Å². The Morgan fingerprint density at radius 3 is 2.15 bits per heavy atom. The van der Waals surface area contributed by atoms with Crippen molar-refractivity contribution in [1.82, 2.24) is 9.80 Å². The molecule has 0 radical (unpaired) electrons. The second-order valence-corrected chi connectivity index (χ2v) is 5.62. The zero-order valence-corrected chi connectivity index (χ0v) is 13.0. The molecule has 0 saturated carbocycles. The van der Waals surface area contributed by atoms with Crippen LogP contribution in [-0.2, 0) is 0 Å². The molecule has 0 spiro atoms. The van der Waals surface area contributed by atoms with E-state index >= 15 is 0 Å². The first-order chi connectivity index (χ1) is 9.69. The second kappa shape index (κ2) is 7.46. The van der Waals surface area contributed by atoms with E-state index in [0.29, 0.717) is 0 Å². The molecule has 20 heavy (non-hydrogen) atoms. The third kappa shape index (κ3) is 4.36. The topological polar surface area (TPSA) is 9.72 Å². The molecule has 0 amide bonds. The van der Waals surface area contributed by atoms with Crippen LogP contribution in [0, 0.1) is 0 Å². The Morgan fingerprint density at radius 1 is 1.00 bits per heavy atom. The maximum Gasteiger partial charge on any atom is 0.0361 e. The van der Waals surface area contributed by atoms with Crippen LogP contribution in [0.4, 0.5) is 5.69 Å². The van der Waals surface area contributed by atoms with E-state index in [9.17, 15) is 0 Å². The molecule has 0 aromatic heterocycles. The van der Waals surface area contributed by atoms with Gasteiger partial charge in [-0.15, -0.1) is 0 Å². The predicted molar refractivity (Wildman–Crippen MR) is 88.4 cm³/mol. The molecule has 110 valence electrons. The zero-order chi connectivity index (χ0) is 14.4. The molecule has 1 aliphatic heterocycles. The lowest BCUT2D eigenvalue weighted by Gasteiger charge is -2.33. The van der Waals surface area contributed by atoms with Crippen molar-refractivity contribution < 1.29 is 0 Å². The number of hydrogen-bond acceptors (Lipinski definition) is 3. The number of likely N-dealkylation sites (N-methyl/N-ethyl adjacent to an activating group) is 1. The molecule has 1 fully saturated rings. The van der Waals surface area contributed by atoms with Crippen molar-refractivity contribution in [1.29, 1.82) is 0 Å². The largest absolute Gasteiger partial charge is 0.378 e. The number of nitrogens with zero attached hydrogens (tertiary/aromatic N) is 3. The number of piperazine rings is 1. The summed E-state index contributed by atoms with van der Waals surface area (Å²) in [6.07, 6.45) is 4.51. The van der Waals surface area contributed by atoms with Crippen molar-refractivity contribution in [2.24, 2.45) is 0 Å². The Hall–Kier alpha value is -1.32. The first-order valence-electron chi connectivity index (χ1n) is 7.57. The minimum atomic E-state index is 1.06. The van der Waals surface area contributed by atoms with Gasteiger partial charge in [0.2, 0.25) is 0 Å². The van der Waals surface area contributed by atoms with Gasteiger partial charge in [0.05, 0.1) is 0 Å². The quantitative estimate of drug-likeness (QED) is 0.815. The standard InChI is InChI=1S/C17H27N3/c1-4-19-12-14-20(15-13-19)11-5-6-16-7-9-17(10-8-16)18(2)3/h5-10H,4,11-15H2,1-3H3/b6-5+. The van der Waals surface area contributed by atoms with E-state index in [1.807, 2.05) is 0 Å². The van der Waals surface area contributed by atoms with E-state index in [-0.39, 0.29) is 0 Å². The van der Waals surface area contributed by atoms with Gasteiger partial charge in [-0.05, 0) is 24.2 Å². The molecule has 1 saturated heterocycles. The van der Waals surface area contributed by atoms with Crippen LogP contribution >= 0.6 is 0 Å². The Morgan fingerprint density at radius 2 is 1.60 bits per heavy atom. The maximum absolute atomic E-state index is 2.52. The van der Waals surface area contributed by atoms with Crippen molar-refractivity contribution in [2.75, 3.05) is 58.3 Å². The van der Waals surface area contributed by atoms with Crippen molar-refractivity contribution >= 4 is 11.8 Å². The molecular weight excluding hydrogens is 246 g/mol. The van der Waals surface area contributed by atoms with Gasteiger partial charge in [-0.3, -0.25) is 4.90 Å². The average Bonchev–Trinajstić information content (AvgIpc) is 2.48. The normalized spacial score (nSPS) is 17.8. The molecule has 0 unspecified atom stereocenters. The fraction of sp³-hybridized carbons (Fsp3) is 0.529. The average molecular weight is 273 g/mol. The number of hydrogen-bond donors (Lipinski definition) is 0. The van der Waals surface area contributed by atoms with Crippen molar-refractivity contribution in [3.63, 3.8) is 0 Å². The predicted octanol–water partition coefficient (Wildman–Crippen LogP) is 2.40. The molecular formula is C17H27N3. The fourth-order valence-electron chi connectivity index (χ4n) is 2.51. The van der Waals surface area contributed by atoms with Gasteiger partial charge < -0.3 is 9.80 Å². The highest BCUT2D eigenvalue weighted by atomic mass is 15.2. The summed E-state index contributed by atoms with van der Waals surface area (Å²) < 4.78 is 0. The van der Waals surface area contributed by atoms with Crippen LogP contribution in [0.1, 0.15) is 12.5 Å². The molecule has 2 rings (SSSR count). The van der Waals surface area contributed by atoms with E-state index in [1.54, 1.807) is 0 Å². The molecule has 0 bridgehead atoms. The van der Waals surface area contributed by atoms with Gasteiger partial charge in [0.1, 0.15) is 0 Å². The summed E-state index contributed by atoms with van der Waals surface area (Å²) in [6, 6.07) is 8.70. The van der Waals surface area contributed by atoms with Gasteiger partial charge in [-0.2, -0.15) is 0 Å². The molecule has 3 heteroatoms. The third-order valence-corrected chi connectivity index (χ3v) is 4.00. The molecule has 1 aromatic rings. The van der Waals surface area contributed by atoms with Gasteiger partial charge in [-0.25, -0.2) is 0 Å². The smallest absolute Gasteiger partial charge is 0.0361 e. The monoisotopic (exact) mass is 273 g/mol. The highest BCUT2D eigenvalue weighted by Crippen LogP contribution is 2.13. The Bertz CT molecular complexity index is 414. The minimum Gasteiger partial charge on any atom is -0.378 e. The van der Waals surface area contributed by atoms with Crippen LogP contribution in [0.3, 0.4) is 0 Å². The summed E-state index contributed by atoms with van der Waals surface area (Å²) in [7, 11) is 4.14. The van der Waals surface area contributed by atoms with Gasteiger partial charge in [0.15, 0.2) is 0 Å². The summed E-state index contributed by atoms with van der Waals surface area (Å²) in [6.45, 7) is 9.29. The highest BCUT2D eigenvalue weighted by molar-refractivity contribution is 5.55.